The number of halogens is 3. The number of nitrogens with one attached hydrogen (secondary N) is 2. The Balaban J connectivity index is 1.23. The summed E-state index contributed by atoms with van der Waals surface area (Å²) >= 11 is 0. The number of hydrogen-bond acceptors (Lipinski definition) is 6. The molecule has 1 aromatic carbocycles. The lowest BCUT2D eigenvalue weighted by Crippen LogP contribution is -2.52. The molecule has 3 fully saturated rings. The van der Waals surface area contributed by atoms with Gasteiger partial charge in [0.15, 0.2) is 0 Å². The van der Waals surface area contributed by atoms with Crippen LogP contribution in [0.1, 0.15) is 36.1 Å². The lowest BCUT2D eigenvalue weighted by molar-refractivity contribution is -0.143. The van der Waals surface area contributed by atoms with Gasteiger partial charge in [-0.25, -0.2) is 4.79 Å². The van der Waals surface area contributed by atoms with E-state index in [0.717, 1.165) is 18.7 Å². The topological polar surface area (TPSA) is 96.0 Å². The van der Waals surface area contributed by atoms with Crippen molar-refractivity contribution in [1.82, 2.24) is 20.1 Å². The molecule has 226 valence electrons. The minimum atomic E-state index is -4.51. The van der Waals surface area contributed by atoms with E-state index >= 15 is 0 Å². The van der Waals surface area contributed by atoms with Gasteiger partial charge in [-0.2, -0.15) is 13.2 Å². The maximum Gasteiger partial charge on any atom is 0.417 e. The van der Waals surface area contributed by atoms with Crippen LogP contribution in [0, 0.1) is 11.3 Å². The minimum absolute atomic E-state index is 0.0367. The fourth-order valence-electron chi connectivity index (χ4n) is 7.22. The van der Waals surface area contributed by atoms with Crippen molar-refractivity contribution in [3.05, 3.63) is 59.4 Å². The first-order chi connectivity index (χ1) is 20.2. The number of nitrogens with zero attached hydrogens (tertiary/aromatic N) is 3. The van der Waals surface area contributed by atoms with Crippen LogP contribution in [-0.2, 0) is 33.4 Å². The van der Waals surface area contributed by atoms with E-state index in [1.54, 1.807) is 16.9 Å². The highest BCUT2D eigenvalue weighted by Crippen LogP contribution is 2.51. The Morgan fingerprint density at radius 2 is 2.00 bits per heavy atom. The van der Waals surface area contributed by atoms with Gasteiger partial charge in [-0.05, 0) is 48.9 Å². The molecule has 4 aliphatic rings. The molecule has 6 rings (SSSR count). The number of carbonyl (C=O) groups is 2. The summed E-state index contributed by atoms with van der Waals surface area (Å²) in [4.78, 5) is 35.2. The second-order valence-electron chi connectivity index (χ2n) is 11.9. The first-order valence-corrected chi connectivity index (χ1v) is 14.5. The zero-order chi connectivity index (χ0) is 29.5. The first kappa shape index (κ1) is 28.9. The Hall–Kier alpha value is -3.22. The molecule has 9 nitrogen and oxygen atoms in total. The Labute approximate surface area is 242 Å². The number of amides is 3. The second kappa shape index (κ2) is 11.5. The standard InChI is InChI=1S/C30H36F3N5O4/c1-41-26-17-42-10-8-25(26)35-23-12-21-16-38(28(40)36-22-5-3-2-4-6-22)18-29(21,13-23)27(39)37-9-7-24-19(15-37)11-20(14-34-24)30(31,32)33/h2-6,11,14,21,23,25-26,35H,7-10,12-13,15-18H2,1H3,(H,36,40). The number of hydrogen-bond donors (Lipinski definition) is 2. The van der Waals surface area contributed by atoms with Crippen LogP contribution >= 0.6 is 0 Å². The van der Waals surface area contributed by atoms with Crippen LogP contribution in [0.25, 0.3) is 0 Å². The summed E-state index contributed by atoms with van der Waals surface area (Å²) in [5.74, 6) is -0.198. The molecule has 2 saturated heterocycles. The van der Waals surface area contributed by atoms with Gasteiger partial charge in [-0.1, -0.05) is 18.2 Å². The van der Waals surface area contributed by atoms with Crippen molar-refractivity contribution in [3.63, 3.8) is 0 Å². The second-order valence-corrected chi connectivity index (χ2v) is 11.9. The van der Waals surface area contributed by atoms with Crippen LogP contribution in [0.5, 0.6) is 0 Å². The van der Waals surface area contributed by atoms with Gasteiger partial charge in [0, 0.05) is 76.0 Å². The van der Waals surface area contributed by atoms with E-state index in [1.165, 1.54) is 0 Å². The first-order valence-electron chi connectivity index (χ1n) is 14.5. The maximum absolute atomic E-state index is 14.4. The number of fused-ring (bicyclic) bond motifs is 2. The number of alkyl halides is 3. The average Bonchev–Trinajstić information content (AvgIpc) is 3.51. The van der Waals surface area contributed by atoms with E-state index in [4.69, 9.17) is 9.47 Å². The maximum atomic E-state index is 14.4. The van der Waals surface area contributed by atoms with Gasteiger partial charge >= 0.3 is 12.2 Å². The number of benzene rings is 1. The fourth-order valence-corrected chi connectivity index (χ4v) is 7.22. The normalized spacial score (nSPS) is 29.2. The molecular weight excluding hydrogens is 551 g/mol. The molecule has 4 heterocycles. The number of para-hydroxylation sites is 1. The Morgan fingerprint density at radius 1 is 1.19 bits per heavy atom. The molecule has 5 unspecified atom stereocenters. The van der Waals surface area contributed by atoms with Gasteiger partial charge < -0.3 is 29.9 Å². The highest BCUT2D eigenvalue weighted by molar-refractivity contribution is 5.91. The largest absolute Gasteiger partial charge is 0.417 e. The third kappa shape index (κ3) is 5.59. The molecule has 1 aromatic heterocycles. The molecule has 3 amide bonds. The molecule has 1 aliphatic carbocycles. The van der Waals surface area contributed by atoms with Crippen molar-refractivity contribution in [2.45, 2.75) is 56.6 Å². The van der Waals surface area contributed by atoms with Crippen molar-refractivity contribution in [3.8, 4) is 0 Å². The zero-order valence-corrected chi connectivity index (χ0v) is 23.5. The third-order valence-electron chi connectivity index (χ3n) is 9.32. The summed E-state index contributed by atoms with van der Waals surface area (Å²) < 4.78 is 51.4. The molecule has 0 spiro atoms. The molecule has 2 N–H and O–H groups in total. The van der Waals surface area contributed by atoms with E-state index < -0.39 is 17.2 Å². The monoisotopic (exact) mass is 587 g/mol. The molecule has 12 heteroatoms. The summed E-state index contributed by atoms with van der Waals surface area (Å²) in [6, 6.07) is 10.1. The Kier molecular flexibility index (Phi) is 7.88. The Bertz CT molecular complexity index is 1310. The van der Waals surface area contributed by atoms with Gasteiger partial charge in [-0.3, -0.25) is 9.78 Å². The van der Waals surface area contributed by atoms with Crippen molar-refractivity contribution < 1.29 is 32.2 Å². The van der Waals surface area contributed by atoms with Crippen LogP contribution in [0.2, 0.25) is 0 Å². The van der Waals surface area contributed by atoms with E-state index in [0.29, 0.717) is 62.5 Å². The number of methoxy groups -OCH3 is 1. The summed E-state index contributed by atoms with van der Waals surface area (Å²) in [7, 11) is 1.67. The molecule has 5 atom stereocenters. The highest BCUT2D eigenvalue weighted by atomic mass is 19.4. The Morgan fingerprint density at radius 3 is 2.76 bits per heavy atom. The lowest BCUT2D eigenvalue weighted by Gasteiger charge is -2.37. The van der Waals surface area contributed by atoms with Crippen LogP contribution in [0.3, 0.4) is 0 Å². The van der Waals surface area contributed by atoms with Crippen molar-refractivity contribution >= 4 is 17.6 Å². The van der Waals surface area contributed by atoms with Crippen LogP contribution in [0.15, 0.2) is 42.6 Å². The molecular formula is C30H36F3N5O4. The van der Waals surface area contributed by atoms with E-state index in [9.17, 15) is 22.8 Å². The number of rotatable bonds is 5. The summed E-state index contributed by atoms with van der Waals surface area (Å²) in [5.41, 5.74) is 0.0291. The molecule has 1 saturated carbocycles. The highest BCUT2D eigenvalue weighted by Gasteiger charge is 2.60. The zero-order valence-electron chi connectivity index (χ0n) is 23.5. The van der Waals surface area contributed by atoms with Gasteiger partial charge in [-0.15, -0.1) is 0 Å². The molecule has 0 bridgehead atoms. The average molecular weight is 588 g/mol. The van der Waals surface area contributed by atoms with Gasteiger partial charge in [0.2, 0.25) is 5.91 Å². The van der Waals surface area contributed by atoms with Crippen molar-refractivity contribution in [2.75, 3.05) is 45.3 Å². The van der Waals surface area contributed by atoms with Crippen LogP contribution < -0.4 is 10.6 Å². The van der Waals surface area contributed by atoms with Gasteiger partial charge in [0.1, 0.15) is 0 Å². The fraction of sp³-hybridized carbons (Fsp3) is 0.567. The van der Waals surface area contributed by atoms with E-state index in [2.05, 4.69) is 15.6 Å². The van der Waals surface area contributed by atoms with Gasteiger partial charge in [0.05, 0.1) is 23.7 Å². The molecule has 3 aliphatic heterocycles. The third-order valence-corrected chi connectivity index (χ3v) is 9.32. The van der Waals surface area contributed by atoms with Crippen molar-refractivity contribution in [2.24, 2.45) is 11.3 Å². The molecule has 2 aromatic rings. The SMILES string of the molecule is COC1COCCC1NC1CC2CN(C(=O)Nc3ccccc3)CC2(C(=O)N2CCc3ncc(C(F)(F)F)cc3C2)C1. The number of urea groups is 1. The minimum Gasteiger partial charge on any atom is -0.379 e. The number of likely N-dealkylation sites (tertiary alicyclic amines) is 1. The van der Waals surface area contributed by atoms with Crippen LogP contribution in [0.4, 0.5) is 23.7 Å². The quantitative estimate of drug-likeness (QED) is 0.554. The number of ether oxygens (including phenoxy) is 2. The van der Waals surface area contributed by atoms with Gasteiger partial charge in [0.25, 0.3) is 0 Å². The number of aromatic nitrogens is 1. The van der Waals surface area contributed by atoms with Crippen LogP contribution in [-0.4, -0.2) is 84.9 Å². The number of pyridine rings is 1. The summed E-state index contributed by atoms with van der Waals surface area (Å²) in [5, 5.41) is 6.66. The van der Waals surface area contributed by atoms with E-state index in [-0.39, 0.29) is 49.1 Å². The lowest BCUT2D eigenvalue weighted by atomic mass is 9.78. The predicted octanol–water partition coefficient (Wildman–Crippen LogP) is 3.69. The smallest absolute Gasteiger partial charge is 0.379 e. The molecule has 0 radical (unpaired) electrons. The molecule has 42 heavy (non-hydrogen) atoms. The van der Waals surface area contributed by atoms with Crippen molar-refractivity contribution in [1.29, 1.82) is 0 Å². The van der Waals surface area contributed by atoms with E-state index in [1.807, 2.05) is 30.3 Å². The predicted molar refractivity (Wildman–Crippen MR) is 147 cm³/mol. The summed E-state index contributed by atoms with van der Waals surface area (Å²) in [6.45, 7) is 2.25. The summed E-state index contributed by atoms with van der Waals surface area (Å²) in [6.07, 6.45) is -1.32. The number of carbonyl (C=O) groups excluding carboxylic acids is 2. The number of anilines is 1.